The number of nitrogens with one attached hydrogen (secondary N) is 1. The van der Waals surface area contributed by atoms with Gasteiger partial charge in [0.1, 0.15) is 12.4 Å². The van der Waals surface area contributed by atoms with Gasteiger partial charge in [0.05, 0.1) is 0 Å². The highest BCUT2D eigenvalue weighted by Gasteiger charge is 2.24. The zero-order valence-corrected chi connectivity index (χ0v) is 14.8. The van der Waals surface area contributed by atoms with E-state index >= 15 is 0 Å². The van der Waals surface area contributed by atoms with Crippen molar-refractivity contribution in [2.24, 2.45) is 5.92 Å². The second kappa shape index (κ2) is 9.16. The van der Waals surface area contributed by atoms with Gasteiger partial charge in [-0.05, 0) is 50.6 Å². The molecular weight excluding hydrogens is 344 g/mol. The van der Waals surface area contributed by atoms with Gasteiger partial charge in [-0.15, -0.1) is 0 Å². The van der Waals surface area contributed by atoms with Crippen molar-refractivity contribution in [2.45, 2.75) is 26.2 Å². The minimum Gasteiger partial charge on any atom is -0.492 e. The Labute approximate surface area is 141 Å². The monoisotopic (exact) mass is 368 g/mol. The van der Waals surface area contributed by atoms with Crippen molar-refractivity contribution in [3.8, 4) is 5.75 Å². The van der Waals surface area contributed by atoms with Crippen molar-refractivity contribution in [2.75, 3.05) is 32.8 Å². The van der Waals surface area contributed by atoms with E-state index in [2.05, 4.69) is 33.1 Å². The molecule has 22 heavy (non-hydrogen) atoms. The van der Waals surface area contributed by atoms with E-state index in [4.69, 9.17) is 4.74 Å². The molecule has 2 rings (SSSR count). The molecule has 1 aromatic carbocycles. The van der Waals surface area contributed by atoms with Crippen LogP contribution in [0.3, 0.4) is 0 Å². The third-order valence-electron chi connectivity index (χ3n) is 3.98. The molecular formula is C17H25BrN2O2. The predicted octanol–water partition coefficient (Wildman–Crippen LogP) is 3.07. The number of hydrogen-bond acceptors (Lipinski definition) is 3. The molecule has 1 aliphatic rings. The standard InChI is InChI=1S/C17H25BrN2O2/c1-2-8-19-17(21)14-6-9-20(10-7-14)11-12-22-16-5-3-4-15(18)13-16/h3-5,13-14H,2,6-12H2,1H3,(H,19,21). The van der Waals surface area contributed by atoms with Gasteiger partial charge in [0.15, 0.2) is 0 Å². The number of rotatable bonds is 7. The van der Waals surface area contributed by atoms with Crippen LogP contribution in [0.2, 0.25) is 0 Å². The fourth-order valence-electron chi connectivity index (χ4n) is 2.66. The van der Waals surface area contributed by atoms with Crippen LogP contribution < -0.4 is 10.1 Å². The maximum Gasteiger partial charge on any atom is 0.223 e. The highest BCUT2D eigenvalue weighted by Crippen LogP contribution is 2.19. The third-order valence-corrected chi connectivity index (χ3v) is 4.47. The number of benzene rings is 1. The van der Waals surface area contributed by atoms with Crippen molar-refractivity contribution in [3.05, 3.63) is 28.7 Å². The van der Waals surface area contributed by atoms with Gasteiger partial charge in [-0.2, -0.15) is 0 Å². The van der Waals surface area contributed by atoms with Crippen LogP contribution in [0.1, 0.15) is 26.2 Å². The molecule has 5 heteroatoms. The number of ether oxygens (including phenoxy) is 1. The van der Waals surface area contributed by atoms with Gasteiger partial charge in [0.25, 0.3) is 0 Å². The molecule has 1 fully saturated rings. The van der Waals surface area contributed by atoms with Crippen molar-refractivity contribution >= 4 is 21.8 Å². The molecule has 4 nitrogen and oxygen atoms in total. The van der Waals surface area contributed by atoms with E-state index in [1.165, 1.54) is 0 Å². The Bertz CT molecular complexity index is 473. The Balaban J connectivity index is 1.64. The summed E-state index contributed by atoms with van der Waals surface area (Å²) >= 11 is 3.44. The molecule has 1 N–H and O–H groups in total. The summed E-state index contributed by atoms with van der Waals surface area (Å²) in [6.45, 7) is 6.42. The molecule has 0 bridgehead atoms. The molecule has 0 radical (unpaired) electrons. The van der Waals surface area contributed by atoms with Crippen LogP contribution in [-0.4, -0.2) is 43.6 Å². The van der Waals surface area contributed by atoms with Crippen molar-refractivity contribution in [3.63, 3.8) is 0 Å². The Morgan fingerprint density at radius 3 is 2.86 bits per heavy atom. The minimum absolute atomic E-state index is 0.189. The SMILES string of the molecule is CCCNC(=O)C1CCN(CCOc2cccc(Br)c2)CC1. The number of amides is 1. The number of hydrogen-bond donors (Lipinski definition) is 1. The van der Waals surface area contributed by atoms with Gasteiger partial charge >= 0.3 is 0 Å². The van der Waals surface area contributed by atoms with Crippen LogP contribution in [0.15, 0.2) is 28.7 Å². The summed E-state index contributed by atoms with van der Waals surface area (Å²) in [6.07, 6.45) is 2.90. The average molecular weight is 369 g/mol. The minimum atomic E-state index is 0.189. The van der Waals surface area contributed by atoms with Crippen molar-refractivity contribution in [1.82, 2.24) is 10.2 Å². The number of nitrogens with zero attached hydrogens (tertiary/aromatic N) is 1. The molecule has 122 valence electrons. The molecule has 0 saturated carbocycles. The van der Waals surface area contributed by atoms with Crippen LogP contribution in [-0.2, 0) is 4.79 Å². The first-order chi connectivity index (χ1) is 10.7. The zero-order chi connectivity index (χ0) is 15.8. The van der Waals surface area contributed by atoms with Crippen LogP contribution in [0.25, 0.3) is 0 Å². The quantitative estimate of drug-likeness (QED) is 0.803. The summed E-state index contributed by atoms with van der Waals surface area (Å²) in [7, 11) is 0. The molecule has 0 unspecified atom stereocenters. The fourth-order valence-corrected chi connectivity index (χ4v) is 3.04. The third kappa shape index (κ3) is 5.61. The van der Waals surface area contributed by atoms with Crippen molar-refractivity contribution < 1.29 is 9.53 Å². The molecule has 0 atom stereocenters. The van der Waals surface area contributed by atoms with E-state index in [-0.39, 0.29) is 11.8 Å². The van der Waals surface area contributed by atoms with E-state index in [1.807, 2.05) is 24.3 Å². The van der Waals surface area contributed by atoms with Crippen LogP contribution >= 0.6 is 15.9 Å². The number of likely N-dealkylation sites (tertiary alicyclic amines) is 1. The summed E-state index contributed by atoms with van der Waals surface area (Å²) in [5, 5.41) is 3.00. The molecule has 1 heterocycles. The Morgan fingerprint density at radius 1 is 1.41 bits per heavy atom. The van der Waals surface area contributed by atoms with Gasteiger partial charge in [-0.1, -0.05) is 28.9 Å². The highest BCUT2D eigenvalue weighted by molar-refractivity contribution is 9.10. The number of halogens is 1. The summed E-state index contributed by atoms with van der Waals surface area (Å²) in [4.78, 5) is 14.3. The largest absolute Gasteiger partial charge is 0.492 e. The summed E-state index contributed by atoms with van der Waals surface area (Å²) in [5.74, 6) is 1.31. The van der Waals surface area contributed by atoms with Crippen LogP contribution in [0.4, 0.5) is 0 Å². The topological polar surface area (TPSA) is 41.6 Å². The summed E-state index contributed by atoms with van der Waals surface area (Å²) in [5.41, 5.74) is 0. The second-order valence-electron chi connectivity index (χ2n) is 5.71. The lowest BCUT2D eigenvalue weighted by Crippen LogP contribution is -2.41. The second-order valence-corrected chi connectivity index (χ2v) is 6.63. The average Bonchev–Trinajstić information content (AvgIpc) is 2.53. The van der Waals surface area contributed by atoms with E-state index in [0.717, 1.165) is 55.7 Å². The van der Waals surface area contributed by atoms with E-state index < -0.39 is 0 Å². The maximum atomic E-state index is 11.9. The van der Waals surface area contributed by atoms with Gasteiger partial charge < -0.3 is 10.1 Å². The molecule has 0 aromatic heterocycles. The van der Waals surface area contributed by atoms with Crippen LogP contribution in [0, 0.1) is 5.92 Å². The van der Waals surface area contributed by atoms with Crippen molar-refractivity contribution in [1.29, 1.82) is 0 Å². The molecule has 1 aliphatic heterocycles. The van der Waals surface area contributed by atoms with E-state index in [0.29, 0.717) is 6.61 Å². The van der Waals surface area contributed by atoms with E-state index in [1.54, 1.807) is 0 Å². The lowest BCUT2D eigenvalue weighted by Gasteiger charge is -2.31. The molecule has 0 aliphatic carbocycles. The number of carbonyl (C=O) groups is 1. The molecule has 1 amide bonds. The van der Waals surface area contributed by atoms with Gasteiger partial charge in [-0.3, -0.25) is 9.69 Å². The normalized spacial score (nSPS) is 16.5. The first-order valence-corrected chi connectivity index (χ1v) is 8.86. The molecule has 0 spiro atoms. The summed E-state index contributed by atoms with van der Waals surface area (Å²) in [6, 6.07) is 7.90. The Hall–Kier alpha value is -1.07. The zero-order valence-electron chi connectivity index (χ0n) is 13.2. The Morgan fingerprint density at radius 2 is 2.18 bits per heavy atom. The number of carbonyl (C=O) groups excluding carboxylic acids is 1. The van der Waals surface area contributed by atoms with Crippen LogP contribution in [0.5, 0.6) is 5.75 Å². The maximum absolute atomic E-state index is 11.9. The lowest BCUT2D eigenvalue weighted by molar-refractivity contribution is -0.126. The molecule has 1 aromatic rings. The first kappa shape index (κ1) is 17.3. The Kier molecular flexibility index (Phi) is 7.19. The number of piperidine rings is 1. The van der Waals surface area contributed by atoms with Gasteiger partial charge in [0, 0.05) is 23.5 Å². The smallest absolute Gasteiger partial charge is 0.223 e. The van der Waals surface area contributed by atoms with Gasteiger partial charge in [0.2, 0.25) is 5.91 Å². The highest BCUT2D eigenvalue weighted by atomic mass is 79.9. The predicted molar refractivity (Wildman–Crippen MR) is 92.1 cm³/mol. The van der Waals surface area contributed by atoms with E-state index in [9.17, 15) is 4.79 Å². The first-order valence-electron chi connectivity index (χ1n) is 8.07. The lowest BCUT2D eigenvalue weighted by atomic mass is 9.96. The fraction of sp³-hybridized carbons (Fsp3) is 0.588. The summed E-state index contributed by atoms with van der Waals surface area (Å²) < 4.78 is 6.80. The van der Waals surface area contributed by atoms with Gasteiger partial charge in [-0.25, -0.2) is 0 Å². The molecule has 1 saturated heterocycles.